The largest absolute Gasteiger partial charge is 0.379 e. The van der Waals surface area contributed by atoms with Crippen LogP contribution in [0.25, 0.3) is 0 Å². The second kappa shape index (κ2) is 8.81. The van der Waals surface area contributed by atoms with Crippen molar-refractivity contribution >= 4 is 23.1 Å². The van der Waals surface area contributed by atoms with E-state index in [0.717, 1.165) is 36.6 Å². The van der Waals surface area contributed by atoms with Crippen molar-refractivity contribution in [1.29, 1.82) is 0 Å². The molecule has 20 heavy (non-hydrogen) atoms. The summed E-state index contributed by atoms with van der Waals surface area (Å²) in [5.74, 6) is 1.94. The Bertz CT molecular complexity index is 438. The Labute approximate surface area is 124 Å². The number of nitrogens with one attached hydrogen (secondary N) is 1. The highest BCUT2D eigenvalue weighted by atomic mass is 32.2. The molecule has 0 aliphatic heterocycles. The zero-order chi connectivity index (χ0) is 15.0. The van der Waals surface area contributed by atoms with Crippen LogP contribution in [0, 0.1) is 10.1 Å². The third-order valence-corrected chi connectivity index (χ3v) is 3.78. The monoisotopic (exact) mass is 297 g/mol. The van der Waals surface area contributed by atoms with Crippen LogP contribution in [0.4, 0.5) is 11.4 Å². The average Bonchev–Trinajstić information content (AvgIpc) is 2.41. The van der Waals surface area contributed by atoms with E-state index in [1.165, 1.54) is 0 Å². The molecule has 0 radical (unpaired) electrons. The second-order valence-electron chi connectivity index (χ2n) is 4.89. The van der Waals surface area contributed by atoms with E-state index in [1.54, 1.807) is 6.07 Å². The highest BCUT2D eigenvalue weighted by Crippen LogP contribution is 2.27. The van der Waals surface area contributed by atoms with Crippen molar-refractivity contribution in [2.75, 3.05) is 38.3 Å². The fraction of sp³-hybridized carbons (Fsp3) is 0.571. The first-order chi connectivity index (χ1) is 9.54. The van der Waals surface area contributed by atoms with E-state index in [-0.39, 0.29) is 10.6 Å². The molecule has 1 N–H and O–H groups in total. The molecule has 0 fully saturated rings. The fourth-order valence-corrected chi connectivity index (χ4v) is 2.72. The summed E-state index contributed by atoms with van der Waals surface area (Å²) in [7, 11) is 4.11. The number of benzene rings is 1. The Morgan fingerprint density at radius 3 is 2.75 bits per heavy atom. The molecule has 0 aromatic heterocycles. The van der Waals surface area contributed by atoms with Crippen molar-refractivity contribution in [2.24, 2.45) is 0 Å². The minimum Gasteiger partial charge on any atom is -0.379 e. The molecule has 0 unspecified atom stereocenters. The number of thioether (sulfide) groups is 1. The lowest BCUT2D eigenvalue weighted by Crippen LogP contribution is -2.14. The third kappa shape index (κ3) is 5.79. The van der Waals surface area contributed by atoms with E-state index in [2.05, 4.69) is 24.3 Å². The van der Waals surface area contributed by atoms with E-state index in [0.29, 0.717) is 5.69 Å². The molecule has 0 bridgehead atoms. The predicted molar refractivity (Wildman–Crippen MR) is 86.6 cm³/mol. The van der Waals surface area contributed by atoms with Crippen LogP contribution in [0.3, 0.4) is 0 Å². The van der Waals surface area contributed by atoms with Gasteiger partial charge in [0.1, 0.15) is 5.69 Å². The van der Waals surface area contributed by atoms with E-state index >= 15 is 0 Å². The summed E-state index contributed by atoms with van der Waals surface area (Å²) in [6.45, 7) is 3.83. The molecule has 0 saturated heterocycles. The number of hydrogen-bond donors (Lipinski definition) is 1. The van der Waals surface area contributed by atoms with Gasteiger partial charge in [0, 0.05) is 30.7 Å². The molecule has 0 aliphatic carbocycles. The van der Waals surface area contributed by atoms with Crippen molar-refractivity contribution in [3.05, 3.63) is 33.9 Å². The van der Waals surface area contributed by atoms with Gasteiger partial charge >= 0.3 is 0 Å². The Balaban J connectivity index is 2.66. The molecule has 0 saturated carbocycles. The van der Waals surface area contributed by atoms with Gasteiger partial charge in [0.05, 0.1) is 4.92 Å². The van der Waals surface area contributed by atoms with Gasteiger partial charge in [0.15, 0.2) is 0 Å². The molecule has 0 heterocycles. The van der Waals surface area contributed by atoms with Crippen LogP contribution in [0.2, 0.25) is 0 Å². The van der Waals surface area contributed by atoms with Crippen LogP contribution < -0.4 is 5.32 Å². The molecule has 0 atom stereocenters. The minimum atomic E-state index is -0.332. The maximum Gasteiger partial charge on any atom is 0.292 e. The third-order valence-electron chi connectivity index (χ3n) is 2.77. The Morgan fingerprint density at radius 1 is 1.40 bits per heavy atom. The van der Waals surface area contributed by atoms with Gasteiger partial charge in [-0.05, 0) is 32.1 Å². The van der Waals surface area contributed by atoms with Crippen LogP contribution >= 0.6 is 11.8 Å². The first-order valence-corrected chi connectivity index (χ1v) is 7.93. The summed E-state index contributed by atoms with van der Waals surface area (Å²) in [5, 5.41) is 14.1. The minimum absolute atomic E-state index is 0.153. The number of hydrogen-bond acceptors (Lipinski definition) is 5. The number of nitro groups is 1. The maximum absolute atomic E-state index is 11.0. The molecule has 5 nitrogen and oxygen atoms in total. The molecule has 0 aliphatic rings. The summed E-state index contributed by atoms with van der Waals surface area (Å²) in [6, 6.07) is 5.34. The lowest BCUT2D eigenvalue weighted by Gasteiger charge is -2.10. The summed E-state index contributed by atoms with van der Waals surface area (Å²) >= 11 is 1.84. The molecular weight excluding hydrogens is 274 g/mol. The quantitative estimate of drug-likeness (QED) is 0.431. The van der Waals surface area contributed by atoms with E-state index < -0.39 is 0 Å². The van der Waals surface area contributed by atoms with Gasteiger partial charge in [0.2, 0.25) is 0 Å². The highest BCUT2D eigenvalue weighted by molar-refractivity contribution is 7.98. The van der Waals surface area contributed by atoms with Crippen LogP contribution in [0.1, 0.15) is 18.9 Å². The normalized spacial score (nSPS) is 10.8. The SMILES string of the molecule is CCCNc1cc(CSCCN(C)C)ccc1[N+](=O)[O-]. The van der Waals surface area contributed by atoms with Gasteiger partial charge in [-0.15, -0.1) is 0 Å². The number of rotatable bonds is 9. The summed E-state index contributed by atoms with van der Waals surface area (Å²) in [4.78, 5) is 12.8. The number of anilines is 1. The van der Waals surface area contributed by atoms with Gasteiger partial charge in [-0.3, -0.25) is 10.1 Å². The summed E-state index contributed by atoms with van der Waals surface area (Å²) in [6.07, 6.45) is 0.943. The molecular formula is C14H23N3O2S. The molecule has 0 spiro atoms. The maximum atomic E-state index is 11.0. The van der Waals surface area contributed by atoms with Crippen LogP contribution in [-0.2, 0) is 5.75 Å². The first kappa shape index (κ1) is 16.8. The van der Waals surface area contributed by atoms with Crippen molar-refractivity contribution < 1.29 is 4.92 Å². The second-order valence-corrected chi connectivity index (χ2v) is 6.00. The molecule has 112 valence electrons. The van der Waals surface area contributed by atoms with Crippen molar-refractivity contribution in [3.63, 3.8) is 0 Å². The summed E-state index contributed by atoms with van der Waals surface area (Å²) in [5.41, 5.74) is 1.90. The summed E-state index contributed by atoms with van der Waals surface area (Å²) < 4.78 is 0. The molecule has 0 amide bonds. The number of nitrogens with zero attached hydrogens (tertiary/aromatic N) is 2. The van der Waals surface area contributed by atoms with Crippen LogP contribution in [0.5, 0.6) is 0 Å². The Hall–Kier alpha value is -1.27. The van der Waals surface area contributed by atoms with E-state index in [1.807, 2.05) is 30.8 Å². The van der Waals surface area contributed by atoms with E-state index in [4.69, 9.17) is 0 Å². The van der Waals surface area contributed by atoms with Crippen molar-refractivity contribution in [1.82, 2.24) is 4.90 Å². The zero-order valence-corrected chi connectivity index (χ0v) is 13.2. The van der Waals surface area contributed by atoms with Crippen molar-refractivity contribution in [2.45, 2.75) is 19.1 Å². The Kier molecular flexibility index (Phi) is 7.40. The molecule has 1 rings (SSSR count). The topological polar surface area (TPSA) is 58.4 Å². The lowest BCUT2D eigenvalue weighted by atomic mass is 10.2. The number of nitro benzene ring substituents is 1. The predicted octanol–water partition coefficient (Wildman–Crippen LogP) is 3.21. The van der Waals surface area contributed by atoms with Gasteiger partial charge in [0.25, 0.3) is 5.69 Å². The van der Waals surface area contributed by atoms with Crippen molar-refractivity contribution in [3.8, 4) is 0 Å². The van der Waals surface area contributed by atoms with E-state index in [9.17, 15) is 10.1 Å². The smallest absolute Gasteiger partial charge is 0.292 e. The van der Waals surface area contributed by atoms with Gasteiger partial charge in [-0.2, -0.15) is 11.8 Å². The molecule has 1 aromatic carbocycles. The fourth-order valence-electron chi connectivity index (χ4n) is 1.67. The van der Waals surface area contributed by atoms with Gasteiger partial charge < -0.3 is 10.2 Å². The van der Waals surface area contributed by atoms with Gasteiger partial charge in [-0.25, -0.2) is 0 Å². The van der Waals surface area contributed by atoms with Gasteiger partial charge in [-0.1, -0.05) is 13.0 Å². The van der Waals surface area contributed by atoms with Crippen LogP contribution in [-0.4, -0.2) is 42.8 Å². The molecule has 1 aromatic rings. The average molecular weight is 297 g/mol. The Morgan fingerprint density at radius 2 is 2.15 bits per heavy atom. The van der Waals surface area contributed by atoms with Crippen LogP contribution in [0.15, 0.2) is 18.2 Å². The lowest BCUT2D eigenvalue weighted by molar-refractivity contribution is -0.384. The zero-order valence-electron chi connectivity index (χ0n) is 12.4. The first-order valence-electron chi connectivity index (χ1n) is 6.78. The standard InChI is InChI=1S/C14H23N3O2S/c1-4-7-15-13-10-12(5-6-14(13)17(18)19)11-20-9-8-16(2)3/h5-6,10,15H,4,7-9,11H2,1-3H3. The highest BCUT2D eigenvalue weighted by Gasteiger charge is 2.13. The molecule has 6 heteroatoms.